The van der Waals surface area contributed by atoms with Gasteiger partial charge in [0, 0.05) is 23.1 Å². The molecule has 2 aromatic carbocycles. The van der Waals surface area contributed by atoms with Gasteiger partial charge in [-0.25, -0.2) is 10.3 Å². The molecular weight excluding hydrogens is 366 g/mol. The number of para-hydroxylation sites is 1. The van der Waals surface area contributed by atoms with Gasteiger partial charge in [-0.05, 0) is 24.3 Å². The Balaban J connectivity index is 0.00000176. The normalized spacial score (nSPS) is 9.82. The van der Waals surface area contributed by atoms with Crippen LogP contribution in [0.1, 0.15) is 0 Å². The first-order valence-electron chi connectivity index (χ1n) is 6.30. The number of hydrogen-bond acceptors (Lipinski definition) is 4. The van der Waals surface area contributed by atoms with Gasteiger partial charge in [0.05, 0.1) is 4.92 Å². The largest absolute Gasteiger partial charge is 1.00 e. The molecule has 5 nitrogen and oxygen atoms in total. The summed E-state index contributed by atoms with van der Waals surface area (Å²) in [5, 5.41) is 16.8. The summed E-state index contributed by atoms with van der Waals surface area (Å²) in [5.41, 5.74) is 2.94. The molecule has 2 N–H and O–H groups in total. The predicted molar refractivity (Wildman–Crippen MR) is 82.7 cm³/mol. The molecule has 3 aromatic rings. The molecule has 3 rings (SSSR count). The van der Waals surface area contributed by atoms with Crippen LogP contribution in [0.5, 0.6) is 0 Å². The number of halogens is 1. The van der Waals surface area contributed by atoms with E-state index in [1.807, 2.05) is 35.7 Å². The van der Waals surface area contributed by atoms with Crippen molar-refractivity contribution in [2.45, 2.75) is 0 Å². The monoisotopic (exact) mass is 377 g/mol. The van der Waals surface area contributed by atoms with Crippen LogP contribution >= 0.6 is 11.3 Å². The standard InChI is InChI=1S/C15H11N3O2S.BrH/c19-18(20)13-8-6-11(7-9-13)14-10-21-15(17-14)16-12-4-2-1-3-5-12;/h1-10H,(H,16,17);1H. The van der Waals surface area contributed by atoms with E-state index in [2.05, 4.69) is 10.3 Å². The summed E-state index contributed by atoms with van der Waals surface area (Å²) in [6, 6.07) is 16.4. The highest BCUT2D eigenvalue weighted by molar-refractivity contribution is 7.13. The van der Waals surface area contributed by atoms with Gasteiger partial charge in [-0.2, -0.15) is 0 Å². The van der Waals surface area contributed by atoms with Crippen molar-refractivity contribution in [1.29, 1.82) is 0 Å². The van der Waals surface area contributed by atoms with Gasteiger partial charge in [0.15, 0.2) is 0 Å². The molecule has 0 aliphatic rings. The number of hydrogen-bond donors (Lipinski definition) is 1. The van der Waals surface area contributed by atoms with Gasteiger partial charge in [-0.3, -0.25) is 10.1 Å². The summed E-state index contributed by atoms with van der Waals surface area (Å²) in [4.78, 5) is 13.5. The van der Waals surface area contributed by atoms with Crippen molar-refractivity contribution < 1.29 is 26.9 Å². The highest BCUT2D eigenvalue weighted by Crippen LogP contribution is 2.24. The van der Waals surface area contributed by atoms with Crippen LogP contribution in [-0.4, -0.2) is 4.92 Å². The summed E-state index contributed by atoms with van der Waals surface area (Å²) < 4.78 is 0. The number of aromatic amines is 1. The molecule has 1 aromatic heterocycles. The van der Waals surface area contributed by atoms with E-state index in [1.165, 1.54) is 12.1 Å². The third-order valence-electron chi connectivity index (χ3n) is 2.96. The minimum absolute atomic E-state index is 0. The Morgan fingerprint density at radius 2 is 1.73 bits per heavy atom. The van der Waals surface area contributed by atoms with Crippen molar-refractivity contribution in [1.82, 2.24) is 0 Å². The van der Waals surface area contributed by atoms with E-state index in [4.69, 9.17) is 0 Å². The molecule has 112 valence electrons. The van der Waals surface area contributed by atoms with Crippen LogP contribution in [0.15, 0.2) is 60.0 Å². The van der Waals surface area contributed by atoms with Gasteiger partial charge >= 0.3 is 5.13 Å². The second-order valence-electron chi connectivity index (χ2n) is 4.40. The first-order valence-corrected chi connectivity index (χ1v) is 7.18. The fourth-order valence-electron chi connectivity index (χ4n) is 1.92. The lowest BCUT2D eigenvalue weighted by Crippen LogP contribution is -3.00. The van der Waals surface area contributed by atoms with Gasteiger partial charge in [0.25, 0.3) is 5.69 Å². The first kappa shape index (κ1) is 16.1. The number of nitrogens with zero attached hydrogens (tertiary/aromatic N) is 1. The number of rotatable bonds is 4. The molecule has 0 atom stereocenters. The second kappa shape index (κ2) is 7.15. The molecule has 7 heteroatoms. The predicted octanol–water partition coefficient (Wildman–Crippen LogP) is 0.885. The minimum Gasteiger partial charge on any atom is -1.00 e. The summed E-state index contributed by atoms with van der Waals surface area (Å²) in [5.74, 6) is 0. The second-order valence-corrected chi connectivity index (χ2v) is 5.28. The number of non-ortho nitro benzene ring substituents is 1. The van der Waals surface area contributed by atoms with Crippen LogP contribution in [0.2, 0.25) is 0 Å². The van der Waals surface area contributed by atoms with E-state index < -0.39 is 4.92 Å². The van der Waals surface area contributed by atoms with E-state index in [9.17, 15) is 10.1 Å². The zero-order valence-electron chi connectivity index (χ0n) is 11.3. The van der Waals surface area contributed by atoms with Crippen LogP contribution in [0.3, 0.4) is 0 Å². The van der Waals surface area contributed by atoms with Crippen molar-refractivity contribution in [2.75, 3.05) is 5.32 Å². The maximum absolute atomic E-state index is 10.6. The number of nitro benzene ring substituents is 1. The molecule has 0 bridgehead atoms. The van der Waals surface area contributed by atoms with E-state index in [0.29, 0.717) is 0 Å². The smallest absolute Gasteiger partial charge is 0.337 e. The third kappa shape index (κ3) is 3.69. The van der Waals surface area contributed by atoms with Crippen LogP contribution in [0, 0.1) is 10.1 Å². The SMILES string of the molecule is O=[N+]([O-])c1ccc(-c2csc(Nc3ccccc3)[nH+]2)cc1.[Br-]. The zero-order chi connectivity index (χ0) is 14.7. The molecule has 22 heavy (non-hydrogen) atoms. The molecule has 0 amide bonds. The van der Waals surface area contributed by atoms with Gasteiger partial charge < -0.3 is 17.0 Å². The lowest BCUT2D eigenvalue weighted by atomic mass is 10.1. The summed E-state index contributed by atoms with van der Waals surface area (Å²) in [7, 11) is 0. The van der Waals surface area contributed by atoms with Gasteiger partial charge in [0.2, 0.25) is 0 Å². The van der Waals surface area contributed by atoms with E-state index in [-0.39, 0.29) is 22.7 Å². The van der Waals surface area contributed by atoms with Crippen LogP contribution < -0.4 is 27.3 Å². The fourth-order valence-corrected chi connectivity index (χ4v) is 2.69. The van der Waals surface area contributed by atoms with Crippen molar-refractivity contribution in [3.63, 3.8) is 0 Å². The molecule has 1 heterocycles. The fraction of sp³-hybridized carbons (Fsp3) is 0. The number of nitro groups is 1. The Kier molecular flexibility index (Phi) is 5.24. The zero-order valence-corrected chi connectivity index (χ0v) is 13.7. The van der Waals surface area contributed by atoms with E-state index >= 15 is 0 Å². The Morgan fingerprint density at radius 1 is 1.05 bits per heavy atom. The topological polar surface area (TPSA) is 69.3 Å². The van der Waals surface area contributed by atoms with Gasteiger partial charge in [-0.15, -0.1) is 0 Å². The number of aromatic nitrogens is 1. The Hall–Kier alpha value is -2.25. The number of H-pyrrole nitrogens is 1. The Morgan fingerprint density at radius 3 is 2.36 bits per heavy atom. The van der Waals surface area contributed by atoms with Crippen molar-refractivity contribution in [3.8, 4) is 11.3 Å². The van der Waals surface area contributed by atoms with Crippen molar-refractivity contribution in [3.05, 3.63) is 70.1 Å². The van der Waals surface area contributed by atoms with E-state index in [1.54, 1.807) is 23.5 Å². The molecule has 0 radical (unpaired) electrons. The molecule has 0 spiro atoms. The van der Waals surface area contributed by atoms with Crippen LogP contribution in [0.4, 0.5) is 16.5 Å². The molecule has 0 unspecified atom stereocenters. The number of anilines is 2. The molecule has 0 aliphatic carbocycles. The maximum atomic E-state index is 10.6. The number of benzene rings is 2. The highest BCUT2D eigenvalue weighted by Gasteiger charge is 2.12. The molecule has 0 aliphatic heterocycles. The summed E-state index contributed by atoms with van der Waals surface area (Å²) in [6.45, 7) is 0. The highest BCUT2D eigenvalue weighted by atomic mass is 79.9. The maximum Gasteiger partial charge on any atom is 0.337 e. The Labute approximate surface area is 141 Å². The average molecular weight is 378 g/mol. The van der Waals surface area contributed by atoms with Crippen molar-refractivity contribution in [2.24, 2.45) is 0 Å². The lowest BCUT2D eigenvalue weighted by molar-refractivity contribution is -0.384. The van der Waals surface area contributed by atoms with Gasteiger partial charge in [-0.1, -0.05) is 29.5 Å². The van der Waals surface area contributed by atoms with Crippen LogP contribution in [-0.2, 0) is 0 Å². The third-order valence-corrected chi connectivity index (χ3v) is 3.76. The minimum atomic E-state index is -0.399. The lowest BCUT2D eigenvalue weighted by Gasteiger charge is -1.95. The van der Waals surface area contributed by atoms with Crippen LogP contribution in [0.25, 0.3) is 11.3 Å². The van der Waals surface area contributed by atoms with Crippen molar-refractivity contribution >= 4 is 27.8 Å². The van der Waals surface area contributed by atoms with E-state index in [0.717, 1.165) is 22.1 Å². The number of thiazole rings is 1. The first-order chi connectivity index (χ1) is 10.2. The summed E-state index contributed by atoms with van der Waals surface area (Å²) in [6.07, 6.45) is 0. The summed E-state index contributed by atoms with van der Waals surface area (Å²) >= 11 is 1.55. The van der Waals surface area contributed by atoms with Gasteiger partial charge in [0.1, 0.15) is 11.4 Å². The Bertz CT molecular complexity index is 760. The average Bonchev–Trinajstić information content (AvgIpc) is 2.97. The molecule has 0 saturated heterocycles. The molecular formula is C15H12BrN3O2S. The molecule has 0 fully saturated rings. The quantitative estimate of drug-likeness (QED) is 0.542. The molecule has 0 saturated carbocycles. The number of nitrogens with one attached hydrogen (secondary N) is 2.